The standard InChI is InChI=1S/C6H14N2O3S/c9-12(10)11-5-8-6-1-3-7-4-2-6/h6-8,12H,1-5H2. The van der Waals surface area contributed by atoms with Crippen LogP contribution in [0.25, 0.3) is 0 Å². The summed E-state index contributed by atoms with van der Waals surface area (Å²) < 4.78 is 24.4. The van der Waals surface area contributed by atoms with Crippen LogP contribution in [0.4, 0.5) is 0 Å². The smallest absolute Gasteiger partial charge is 0.258 e. The normalized spacial score (nSPS) is 20.1. The first kappa shape index (κ1) is 9.91. The maximum absolute atomic E-state index is 10.0. The van der Waals surface area contributed by atoms with Gasteiger partial charge in [-0.15, -0.1) is 0 Å². The van der Waals surface area contributed by atoms with Gasteiger partial charge in [0.15, 0.2) is 0 Å². The Morgan fingerprint density at radius 2 is 2.08 bits per heavy atom. The Bertz CT molecular complexity index is 181. The van der Waals surface area contributed by atoms with Gasteiger partial charge in [0.1, 0.15) is 6.73 Å². The van der Waals surface area contributed by atoms with E-state index in [2.05, 4.69) is 14.8 Å². The van der Waals surface area contributed by atoms with Gasteiger partial charge in [-0.1, -0.05) is 0 Å². The number of hydrogen-bond donors (Lipinski definition) is 3. The molecule has 1 rings (SSSR count). The van der Waals surface area contributed by atoms with Crippen LogP contribution in [-0.4, -0.2) is 34.3 Å². The lowest BCUT2D eigenvalue weighted by Gasteiger charge is -2.22. The molecule has 0 amide bonds. The molecule has 0 aromatic heterocycles. The van der Waals surface area contributed by atoms with Crippen LogP contribution in [0.1, 0.15) is 12.8 Å². The molecule has 1 aliphatic rings. The summed E-state index contributed by atoms with van der Waals surface area (Å²) in [6.45, 7) is 2.08. The fourth-order valence-corrected chi connectivity index (χ4v) is 1.41. The van der Waals surface area contributed by atoms with E-state index in [-0.39, 0.29) is 6.73 Å². The highest BCUT2D eigenvalue weighted by Gasteiger charge is 2.11. The lowest BCUT2D eigenvalue weighted by molar-refractivity contribution is 0.257. The largest absolute Gasteiger partial charge is 0.317 e. The minimum absolute atomic E-state index is 0.101. The molecule has 0 atom stereocenters. The molecular formula is C6H14N2O3S. The van der Waals surface area contributed by atoms with Gasteiger partial charge < -0.3 is 5.32 Å². The number of hydrogen-bond acceptors (Lipinski definition) is 5. The van der Waals surface area contributed by atoms with Crippen molar-refractivity contribution in [3.05, 3.63) is 0 Å². The molecule has 0 spiro atoms. The number of nitrogens with one attached hydrogen (secondary N) is 2. The van der Waals surface area contributed by atoms with Crippen LogP contribution in [0.3, 0.4) is 0 Å². The Morgan fingerprint density at radius 1 is 1.42 bits per heavy atom. The van der Waals surface area contributed by atoms with Gasteiger partial charge in [-0.05, 0) is 25.9 Å². The topological polar surface area (TPSA) is 67.4 Å². The fourth-order valence-electron chi connectivity index (χ4n) is 1.23. The molecule has 1 saturated heterocycles. The summed E-state index contributed by atoms with van der Waals surface area (Å²) in [6, 6.07) is 0.390. The molecule has 0 aromatic rings. The summed E-state index contributed by atoms with van der Waals surface area (Å²) in [4.78, 5) is 0. The Balaban J connectivity index is 2.05. The summed E-state index contributed by atoms with van der Waals surface area (Å²) in [7, 11) is -2.71. The highest BCUT2D eigenvalue weighted by Crippen LogP contribution is 2.00. The third-order valence-corrected chi connectivity index (χ3v) is 2.22. The van der Waals surface area contributed by atoms with Gasteiger partial charge in [-0.3, -0.25) is 9.50 Å². The zero-order valence-corrected chi connectivity index (χ0v) is 7.68. The first-order valence-electron chi connectivity index (χ1n) is 4.00. The molecule has 0 radical (unpaired) electrons. The predicted molar refractivity (Wildman–Crippen MR) is 45.3 cm³/mol. The Hall–Kier alpha value is -0.170. The monoisotopic (exact) mass is 194 g/mol. The van der Waals surface area contributed by atoms with Crippen LogP contribution in [0.15, 0.2) is 0 Å². The minimum atomic E-state index is -2.71. The van der Waals surface area contributed by atoms with Crippen LogP contribution in [-0.2, 0) is 15.2 Å². The second-order valence-corrected chi connectivity index (χ2v) is 3.43. The average Bonchev–Trinajstić information content (AvgIpc) is 2.05. The molecular weight excluding hydrogens is 180 g/mol. The van der Waals surface area contributed by atoms with Crippen LogP contribution < -0.4 is 10.6 Å². The van der Waals surface area contributed by atoms with E-state index in [0.29, 0.717) is 6.04 Å². The van der Waals surface area contributed by atoms with Crippen molar-refractivity contribution in [1.29, 1.82) is 0 Å². The fraction of sp³-hybridized carbons (Fsp3) is 1.00. The molecule has 6 heteroatoms. The molecule has 12 heavy (non-hydrogen) atoms. The van der Waals surface area contributed by atoms with Crippen molar-refractivity contribution in [2.75, 3.05) is 19.8 Å². The lowest BCUT2D eigenvalue weighted by atomic mass is 10.1. The zero-order chi connectivity index (χ0) is 8.81. The Kier molecular flexibility index (Phi) is 4.52. The molecule has 72 valence electrons. The van der Waals surface area contributed by atoms with E-state index in [4.69, 9.17) is 0 Å². The van der Waals surface area contributed by atoms with Crippen molar-refractivity contribution in [1.82, 2.24) is 10.6 Å². The van der Waals surface area contributed by atoms with Gasteiger partial charge in [0.05, 0.1) is 0 Å². The predicted octanol–water partition coefficient (Wildman–Crippen LogP) is -1.17. The minimum Gasteiger partial charge on any atom is -0.317 e. The van der Waals surface area contributed by atoms with E-state index < -0.39 is 11.0 Å². The van der Waals surface area contributed by atoms with Crippen molar-refractivity contribution in [3.63, 3.8) is 0 Å². The third-order valence-electron chi connectivity index (χ3n) is 1.88. The van der Waals surface area contributed by atoms with Crippen molar-refractivity contribution in [2.24, 2.45) is 0 Å². The third kappa shape index (κ3) is 4.01. The molecule has 5 nitrogen and oxygen atoms in total. The summed E-state index contributed by atoms with van der Waals surface area (Å²) in [5.41, 5.74) is 0. The van der Waals surface area contributed by atoms with Gasteiger partial charge >= 0.3 is 0 Å². The van der Waals surface area contributed by atoms with E-state index in [1.165, 1.54) is 0 Å². The number of thiol groups is 1. The summed E-state index contributed by atoms with van der Waals surface area (Å²) in [5, 5.41) is 6.22. The number of rotatable bonds is 4. The molecule has 0 aromatic carbocycles. The van der Waals surface area contributed by atoms with Crippen LogP contribution >= 0.6 is 0 Å². The van der Waals surface area contributed by atoms with Gasteiger partial charge in [0, 0.05) is 6.04 Å². The van der Waals surface area contributed by atoms with E-state index >= 15 is 0 Å². The summed E-state index contributed by atoms with van der Waals surface area (Å²) in [6.07, 6.45) is 2.05. The molecule has 1 fully saturated rings. The zero-order valence-electron chi connectivity index (χ0n) is 6.78. The van der Waals surface area contributed by atoms with Crippen LogP contribution in [0.5, 0.6) is 0 Å². The van der Waals surface area contributed by atoms with E-state index in [1.54, 1.807) is 0 Å². The van der Waals surface area contributed by atoms with Crippen LogP contribution in [0, 0.1) is 0 Å². The Labute approximate surface area is 73.6 Å². The highest BCUT2D eigenvalue weighted by atomic mass is 32.2. The Morgan fingerprint density at radius 3 is 2.67 bits per heavy atom. The van der Waals surface area contributed by atoms with E-state index in [1.807, 2.05) is 0 Å². The summed E-state index contributed by atoms with van der Waals surface area (Å²) in [5.74, 6) is 0. The molecule has 2 N–H and O–H groups in total. The molecule has 1 aliphatic heterocycles. The summed E-state index contributed by atoms with van der Waals surface area (Å²) >= 11 is 0. The molecule has 0 saturated carbocycles. The van der Waals surface area contributed by atoms with Crippen molar-refractivity contribution >= 4 is 11.0 Å². The molecule has 0 unspecified atom stereocenters. The number of piperidine rings is 1. The second kappa shape index (κ2) is 5.47. The van der Waals surface area contributed by atoms with Gasteiger partial charge in [-0.25, -0.2) is 8.42 Å². The highest BCUT2D eigenvalue weighted by molar-refractivity contribution is 7.67. The first-order chi connectivity index (χ1) is 5.79. The maximum atomic E-state index is 10.0. The second-order valence-electron chi connectivity index (χ2n) is 2.73. The quantitative estimate of drug-likeness (QED) is 0.388. The van der Waals surface area contributed by atoms with E-state index in [0.717, 1.165) is 25.9 Å². The molecule has 0 aliphatic carbocycles. The SMILES string of the molecule is O=[SH](=O)OCNC1CCNCC1. The van der Waals surface area contributed by atoms with Gasteiger partial charge in [-0.2, -0.15) is 0 Å². The lowest BCUT2D eigenvalue weighted by Crippen LogP contribution is -2.40. The molecule has 0 bridgehead atoms. The van der Waals surface area contributed by atoms with Gasteiger partial charge in [0.25, 0.3) is 11.0 Å². The first-order valence-corrected chi connectivity index (χ1v) is 5.10. The maximum Gasteiger partial charge on any atom is 0.258 e. The van der Waals surface area contributed by atoms with E-state index in [9.17, 15) is 8.42 Å². The van der Waals surface area contributed by atoms with Crippen molar-refractivity contribution < 1.29 is 12.6 Å². The van der Waals surface area contributed by atoms with Gasteiger partial charge in [0.2, 0.25) is 0 Å². The molecule has 1 heterocycles. The van der Waals surface area contributed by atoms with Crippen molar-refractivity contribution in [3.8, 4) is 0 Å². The average molecular weight is 194 g/mol. The van der Waals surface area contributed by atoms with Crippen LogP contribution in [0.2, 0.25) is 0 Å². The van der Waals surface area contributed by atoms with Crippen molar-refractivity contribution in [2.45, 2.75) is 18.9 Å².